The minimum Gasteiger partial charge on any atom is -0.397 e. The molecule has 1 heterocycles. The number of benzene rings is 1. The van der Waals surface area contributed by atoms with Crippen LogP contribution in [0.3, 0.4) is 0 Å². The summed E-state index contributed by atoms with van der Waals surface area (Å²) in [6.45, 7) is 8.15. The van der Waals surface area contributed by atoms with E-state index in [1.165, 1.54) is 6.42 Å². The van der Waals surface area contributed by atoms with Crippen LogP contribution in [0.2, 0.25) is 0 Å². The number of nitrogens with one attached hydrogen (secondary N) is 1. The van der Waals surface area contributed by atoms with E-state index < -0.39 is 0 Å². The maximum Gasteiger partial charge on any atom is 0.238 e. The topological polar surface area (TPSA) is 58.4 Å². The number of likely N-dealkylation sites (tertiary alicyclic amines) is 1. The first-order chi connectivity index (χ1) is 9.47. The zero-order chi connectivity index (χ0) is 14.7. The van der Waals surface area contributed by atoms with Crippen molar-refractivity contribution < 1.29 is 4.79 Å². The highest BCUT2D eigenvalue weighted by Gasteiger charge is 2.29. The van der Waals surface area contributed by atoms with Gasteiger partial charge in [-0.3, -0.25) is 9.69 Å². The lowest BCUT2D eigenvalue weighted by Gasteiger charge is -2.40. The van der Waals surface area contributed by atoms with Crippen LogP contribution < -0.4 is 11.1 Å². The minimum atomic E-state index is 0.0102. The lowest BCUT2D eigenvalue weighted by molar-refractivity contribution is -0.118. The van der Waals surface area contributed by atoms with Gasteiger partial charge in [0.2, 0.25) is 5.91 Å². The molecule has 3 N–H and O–H groups in total. The molecule has 3 unspecified atom stereocenters. The summed E-state index contributed by atoms with van der Waals surface area (Å²) in [6.07, 6.45) is 1.24. The first kappa shape index (κ1) is 14.9. The number of nitrogen functional groups attached to an aromatic ring is 1. The fourth-order valence-corrected chi connectivity index (χ4v) is 3.03. The summed E-state index contributed by atoms with van der Waals surface area (Å²) < 4.78 is 0. The third kappa shape index (κ3) is 3.51. The molecule has 0 aliphatic carbocycles. The number of anilines is 2. The van der Waals surface area contributed by atoms with E-state index in [4.69, 9.17) is 5.73 Å². The van der Waals surface area contributed by atoms with Gasteiger partial charge in [-0.25, -0.2) is 0 Å². The number of carbonyl (C=O) groups excluding carboxylic acids is 1. The Morgan fingerprint density at radius 3 is 2.75 bits per heavy atom. The van der Waals surface area contributed by atoms with Crippen LogP contribution in [0.25, 0.3) is 0 Å². The molecule has 0 spiro atoms. The molecular formula is C16H25N3O. The summed E-state index contributed by atoms with van der Waals surface area (Å²) in [5, 5.41) is 2.90. The molecule has 1 aliphatic heterocycles. The number of nitrogens with zero attached hydrogens (tertiary/aromatic N) is 1. The maximum absolute atomic E-state index is 12.2. The molecule has 4 nitrogen and oxygen atoms in total. The van der Waals surface area contributed by atoms with E-state index in [1.54, 1.807) is 6.07 Å². The average molecular weight is 275 g/mol. The van der Waals surface area contributed by atoms with Crippen molar-refractivity contribution >= 4 is 17.3 Å². The molecule has 0 radical (unpaired) electrons. The van der Waals surface area contributed by atoms with Gasteiger partial charge in [0.25, 0.3) is 0 Å². The van der Waals surface area contributed by atoms with Crippen molar-refractivity contribution in [1.29, 1.82) is 0 Å². The Kier molecular flexibility index (Phi) is 4.65. The minimum absolute atomic E-state index is 0.0102. The first-order valence-corrected chi connectivity index (χ1v) is 7.35. The quantitative estimate of drug-likeness (QED) is 0.834. The number of hydrogen-bond donors (Lipinski definition) is 2. The molecule has 0 saturated carbocycles. The van der Waals surface area contributed by atoms with Crippen molar-refractivity contribution in [2.45, 2.75) is 33.2 Å². The van der Waals surface area contributed by atoms with Crippen LogP contribution in [0.1, 0.15) is 27.2 Å². The molecular weight excluding hydrogens is 250 g/mol. The second kappa shape index (κ2) is 6.27. The van der Waals surface area contributed by atoms with E-state index in [9.17, 15) is 4.79 Å². The highest BCUT2D eigenvalue weighted by molar-refractivity contribution is 5.95. The monoisotopic (exact) mass is 275 g/mol. The number of piperidine rings is 1. The molecule has 1 fully saturated rings. The smallest absolute Gasteiger partial charge is 0.238 e. The zero-order valence-electron chi connectivity index (χ0n) is 12.6. The second-order valence-corrected chi connectivity index (χ2v) is 6.12. The van der Waals surface area contributed by atoms with Crippen molar-refractivity contribution in [1.82, 2.24) is 4.90 Å². The molecule has 2 rings (SSSR count). The predicted molar refractivity (Wildman–Crippen MR) is 83.5 cm³/mol. The van der Waals surface area contributed by atoms with E-state index in [-0.39, 0.29) is 5.91 Å². The van der Waals surface area contributed by atoms with E-state index in [0.717, 1.165) is 6.54 Å². The maximum atomic E-state index is 12.2. The summed E-state index contributed by atoms with van der Waals surface area (Å²) in [6, 6.07) is 7.81. The standard InChI is InChI=1S/C16H25N3O/c1-11-8-12(2)13(3)19(9-11)10-16(20)18-15-7-5-4-6-14(15)17/h4-7,11-13H,8-10,17H2,1-3H3,(H,18,20). The van der Waals surface area contributed by atoms with Crippen molar-refractivity contribution in [2.75, 3.05) is 24.1 Å². The number of carbonyl (C=O) groups is 1. The van der Waals surface area contributed by atoms with Gasteiger partial charge in [-0.15, -0.1) is 0 Å². The van der Waals surface area contributed by atoms with Gasteiger partial charge >= 0.3 is 0 Å². The Balaban J connectivity index is 1.96. The van der Waals surface area contributed by atoms with E-state index in [2.05, 4.69) is 31.0 Å². The molecule has 1 saturated heterocycles. The molecule has 1 aromatic rings. The van der Waals surface area contributed by atoms with Gasteiger partial charge in [0.1, 0.15) is 0 Å². The summed E-state index contributed by atoms with van der Waals surface area (Å²) in [4.78, 5) is 14.5. The lowest BCUT2D eigenvalue weighted by Crippen LogP contribution is -2.48. The molecule has 20 heavy (non-hydrogen) atoms. The van der Waals surface area contributed by atoms with Gasteiger partial charge in [-0.05, 0) is 37.3 Å². The van der Waals surface area contributed by atoms with Crippen LogP contribution in [0, 0.1) is 11.8 Å². The van der Waals surface area contributed by atoms with Gasteiger partial charge in [-0.1, -0.05) is 26.0 Å². The summed E-state index contributed by atoms with van der Waals surface area (Å²) in [7, 11) is 0. The van der Waals surface area contributed by atoms with Gasteiger partial charge in [-0.2, -0.15) is 0 Å². The van der Waals surface area contributed by atoms with Crippen molar-refractivity contribution in [3.63, 3.8) is 0 Å². The number of nitrogens with two attached hydrogens (primary N) is 1. The highest BCUT2D eigenvalue weighted by Crippen LogP contribution is 2.26. The highest BCUT2D eigenvalue weighted by atomic mass is 16.2. The van der Waals surface area contributed by atoms with Crippen molar-refractivity contribution in [3.05, 3.63) is 24.3 Å². The second-order valence-electron chi connectivity index (χ2n) is 6.12. The summed E-state index contributed by atoms with van der Waals surface area (Å²) >= 11 is 0. The van der Waals surface area contributed by atoms with Crippen LogP contribution >= 0.6 is 0 Å². The lowest BCUT2D eigenvalue weighted by atomic mass is 9.86. The third-order valence-electron chi connectivity index (χ3n) is 4.30. The van der Waals surface area contributed by atoms with Crippen LogP contribution in [-0.4, -0.2) is 29.9 Å². The Morgan fingerprint density at radius 1 is 1.35 bits per heavy atom. The Hall–Kier alpha value is -1.55. The van der Waals surface area contributed by atoms with Crippen LogP contribution in [0.15, 0.2) is 24.3 Å². The number of rotatable bonds is 3. The zero-order valence-corrected chi connectivity index (χ0v) is 12.6. The molecule has 1 aliphatic rings. The van der Waals surface area contributed by atoms with E-state index in [1.807, 2.05) is 18.2 Å². The van der Waals surface area contributed by atoms with Gasteiger partial charge in [0.15, 0.2) is 0 Å². The number of amides is 1. The van der Waals surface area contributed by atoms with Crippen molar-refractivity contribution in [3.8, 4) is 0 Å². The molecule has 3 atom stereocenters. The van der Waals surface area contributed by atoms with Crippen molar-refractivity contribution in [2.24, 2.45) is 11.8 Å². The molecule has 0 bridgehead atoms. The fraction of sp³-hybridized carbons (Fsp3) is 0.562. The molecule has 1 aromatic carbocycles. The Bertz CT molecular complexity index is 475. The molecule has 0 aromatic heterocycles. The van der Waals surface area contributed by atoms with E-state index in [0.29, 0.717) is 35.8 Å². The fourth-order valence-electron chi connectivity index (χ4n) is 3.03. The number of para-hydroxylation sites is 2. The molecule has 1 amide bonds. The number of hydrogen-bond acceptors (Lipinski definition) is 3. The third-order valence-corrected chi connectivity index (χ3v) is 4.30. The van der Waals surface area contributed by atoms with Gasteiger partial charge < -0.3 is 11.1 Å². The Labute approximate surface area is 121 Å². The predicted octanol–water partition coefficient (Wildman–Crippen LogP) is 2.57. The van der Waals surface area contributed by atoms with Crippen LogP contribution in [-0.2, 0) is 4.79 Å². The summed E-state index contributed by atoms with van der Waals surface area (Å²) in [5.41, 5.74) is 7.15. The van der Waals surface area contributed by atoms with E-state index >= 15 is 0 Å². The van der Waals surface area contributed by atoms with Crippen LogP contribution in [0.4, 0.5) is 11.4 Å². The molecule has 110 valence electrons. The SMILES string of the molecule is CC1CC(C)C(C)N(CC(=O)Nc2ccccc2N)C1. The largest absolute Gasteiger partial charge is 0.397 e. The average Bonchev–Trinajstić information content (AvgIpc) is 2.38. The normalized spacial score (nSPS) is 27.2. The molecule has 4 heteroatoms. The summed E-state index contributed by atoms with van der Waals surface area (Å²) in [5.74, 6) is 1.29. The van der Waals surface area contributed by atoms with Gasteiger partial charge in [0.05, 0.1) is 17.9 Å². The first-order valence-electron chi connectivity index (χ1n) is 7.35. The van der Waals surface area contributed by atoms with Gasteiger partial charge in [0, 0.05) is 12.6 Å². The Morgan fingerprint density at radius 2 is 2.05 bits per heavy atom. The van der Waals surface area contributed by atoms with Crippen LogP contribution in [0.5, 0.6) is 0 Å².